The lowest BCUT2D eigenvalue weighted by Crippen LogP contribution is -2.12. The fraction of sp³-hybridized carbons (Fsp3) is 0.405. The van der Waals surface area contributed by atoms with Crippen LogP contribution in [0.2, 0.25) is 0 Å². The first-order valence-corrected chi connectivity index (χ1v) is 16.3. The maximum absolute atomic E-state index is 12.8. The largest absolute Gasteiger partial charge is 0.493 e. The van der Waals surface area contributed by atoms with Gasteiger partial charge in [-0.3, -0.25) is 4.68 Å². The number of carboxylic acids is 1. The van der Waals surface area contributed by atoms with Crippen LogP contribution in [-0.2, 0) is 37.8 Å². The van der Waals surface area contributed by atoms with Crippen LogP contribution in [0.25, 0.3) is 32.8 Å². The Morgan fingerprint density at radius 2 is 1.76 bits per heavy atom. The molecule has 5 aromatic rings. The van der Waals surface area contributed by atoms with Crippen LogP contribution < -0.4 is 10.1 Å². The van der Waals surface area contributed by atoms with Gasteiger partial charge in [0.25, 0.3) is 0 Å². The Morgan fingerprint density at radius 3 is 2.51 bits per heavy atom. The summed E-state index contributed by atoms with van der Waals surface area (Å²) in [5, 5.41) is 21.6. The second kappa shape index (κ2) is 15.2. The lowest BCUT2D eigenvalue weighted by Gasteiger charge is -2.12. The second-order valence-corrected chi connectivity index (χ2v) is 11.4. The number of fused-ring (bicyclic) bond motifs is 3. The number of aromatic nitrogens is 3. The lowest BCUT2D eigenvalue weighted by molar-refractivity contribution is 0.0683. The summed E-state index contributed by atoms with van der Waals surface area (Å²) in [5.74, 6) is -0.0329. The lowest BCUT2D eigenvalue weighted by atomic mass is 9.97. The number of nitrogens with one attached hydrogen (secondary N) is 1. The van der Waals surface area contributed by atoms with Gasteiger partial charge in [-0.05, 0) is 62.2 Å². The molecule has 1 aliphatic heterocycles. The van der Waals surface area contributed by atoms with Gasteiger partial charge in [0.15, 0.2) is 0 Å². The predicted octanol–water partition coefficient (Wildman–Crippen LogP) is 7.39. The van der Waals surface area contributed by atoms with Gasteiger partial charge in [0, 0.05) is 47.8 Å². The summed E-state index contributed by atoms with van der Waals surface area (Å²) in [4.78, 5) is 12.8. The Morgan fingerprint density at radius 1 is 1.00 bits per heavy atom. The molecule has 0 amide bonds. The molecule has 8 nitrogen and oxygen atoms in total. The zero-order chi connectivity index (χ0) is 31.8. The summed E-state index contributed by atoms with van der Waals surface area (Å²) in [5.41, 5.74) is 6.38. The molecule has 0 aliphatic carbocycles. The molecule has 6 rings (SSSR count). The molecule has 238 valence electrons. The summed E-state index contributed by atoms with van der Waals surface area (Å²) >= 11 is 0. The highest BCUT2D eigenvalue weighted by Gasteiger charge is 2.27. The fourth-order valence-corrected chi connectivity index (χ4v) is 6.49. The Bertz CT molecular complexity index is 1750. The Balaban J connectivity index is 0.000000743. The molecule has 0 saturated carbocycles. The van der Waals surface area contributed by atoms with E-state index in [4.69, 9.17) is 14.6 Å². The van der Waals surface area contributed by atoms with Gasteiger partial charge in [-0.2, -0.15) is 5.10 Å². The monoisotopic (exact) mass is 610 g/mol. The fourth-order valence-electron chi connectivity index (χ4n) is 6.49. The maximum Gasteiger partial charge on any atom is 0.352 e. The van der Waals surface area contributed by atoms with Crippen molar-refractivity contribution in [2.75, 3.05) is 26.3 Å². The smallest absolute Gasteiger partial charge is 0.352 e. The molecular formula is C37H46N4O4. The molecule has 0 atom stereocenters. The van der Waals surface area contributed by atoms with E-state index < -0.39 is 5.97 Å². The van der Waals surface area contributed by atoms with E-state index >= 15 is 0 Å². The molecule has 3 aromatic carbocycles. The highest BCUT2D eigenvalue weighted by atomic mass is 16.5. The molecule has 1 aliphatic rings. The summed E-state index contributed by atoms with van der Waals surface area (Å²) < 4.78 is 16.2. The number of aromatic carboxylic acids is 1. The average molecular weight is 611 g/mol. The number of hydrogen-bond donors (Lipinski definition) is 2. The first-order valence-electron chi connectivity index (χ1n) is 16.3. The molecule has 0 unspecified atom stereocenters. The van der Waals surface area contributed by atoms with Crippen LogP contribution in [0.3, 0.4) is 0 Å². The van der Waals surface area contributed by atoms with Gasteiger partial charge in [-0.15, -0.1) is 0 Å². The van der Waals surface area contributed by atoms with Crippen molar-refractivity contribution < 1.29 is 19.4 Å². The van der Waals surface area contributed by atoms with Crippen molar-refractivity contribution in [3.8, 4) is 16.9 Å². The van der Waals surface area contributed by atoms with Crippen LogP contribution in [0.1, 0.15) is 67.5 Å². The number of carbonyl (C=O) groups is 1. The van der Waals surface area contributed by atoms with Crippen molar-refractivity contribution in [1.82, 2.24) is 19.7 Å². The number of nitrogens with zero attached hydrogens (tertiary/aromatic N) is 3. The topological polar surface area (TPSA) is 90.5 Å². The highest BCUT2D eigenvalue weighted by molar-refractivity contribution is 6.04. The Labute approximate surface area is 266 Å². The molecule has 45 heavy (non-hydrogen) atoms. The molecule has 0 radical (unpaired) electrons. The van der Waals surface area contributed by atoms with Crippen molar-refractivity contribution in [3.63, 3.8) is 0 Å². The quantitative estimate of drug-likeness (QED) is 0.169. The molecule has 2 aromatic heterocycles. The van der Waals surface area contributed by atoms with E-state index in [0.29, 0.717) is 44.9 Å². The third-order valence-corrected chi connectivity index (χ3v) is 8.47. The molecular weight excluding hydrogens is 564 g/mol. The number of carboxylic acid groups (broad SMARTS) is 1. The number of ether oxygens (including phenoxy) is 2. The third kappa shape index (κ3) is 6.92. The molecule has 0 bridgehead atoms. The summed E-state index contributed by atoms with van der Waals surface area (Å²) in [6.45, 7) is 10.7. The second-order valence-electron chi connectivity index (χ2n) is 11.4. The van der Waals surface area contributed by atoms with Gasteiger partial charge in [-0.25, -0.2) is 4.79 Å². The first kappa shape index (κ1) is 32.3. The predicted molar refractivity (Wildman–Crippen MR) is 181 cm³/mol. The molecule has 8 heteroatoms. The van der Waals surface area contributed by atoms with Gasteiger partial charge in [0.2, 0.25) is 0 Å². The minimum Gasteiger partial charge on any atom is -0.493 e. The van der Waals surface area contributed by atoms with Crippen LogP contribution in [0.4, 0.5) is 0 Å². The van der Waals surface area contributed by atoms with Gasteiger partial charge in [-0.1, -0.05) is 75.4 Å². The van der Waals surface area contributed by atoms with E-state index in [1.807, 2.05) is 46.6 Å². The number of aryl methyl sites for hydroxylation is 3. The third-order valence-electron chi connectivity index (χ3n) is 8.47. The van der Waals surface area contributed by atoms with Crippen molar-refractivity contribution in [3.05, 3.63) is 83.3 Å². The van der Waals surface area contributed by atoms with E-state index in [9.17, 15) is 9.90 Å². The van der Waals surface area contributed by atoms with Crippen LogP contribution in [0, 0.1) is 0 Å². The molecule has 0 fully saturated rings. The Hall–Kier alpha value is -4.14. The van der Waals surface area contributed by atoms with Gasteiger partial charge in [0.05, 0.1) is 24.4 Å². The van der Waals surface area contributed by atoms with Crippen molar-refractivity contribution in [2.45, 2.75) is 66.0 Å². The van der Waals surface area contributed by atoms with E-state index in [2.05, 4.69) is 56.4 Å². The standard InChI is InChI=1S/C33H35N3O4.C4H11N/c1-3-28-30-26-15-9-14-24-25(16-10-20-40-29-17-8-12-22-11-4-5-13-23(22)29)32(33(37)38)36(31(24)26)18-6-7-19-39-21-27(30)34-35(28)2;1-3-5-4-2/h4-5,8-9,11-15,17H,3,6-7,10,16,18-21H2,1-2H3,(H,37,38);5H,3-4H2,1-2H3. The van der Waals surface area contributed by atoms with Crippen molar-refractivity contribution in [2.24, 2.45) is 7.05 Å². The van der Waals surface area contributed by atoms with Crippen LogP contribution >= 0.6 is 0 Å². The van der Waals surface area contributed by atoms with Crippen LogP contribution in [0.15, 0.2) is 60.7 Å². The molecule has 2 N–H and O–H groups in total. The van der Waals surface area contributed by atoms with E-state index in [1.165, 1.54) is 0 Å². The molecule has 0 spiro atoms. The Kier molecular flexibility index (Phi) is 10.9. The van der Waals surface area contributed by atoms with Gasteiger partial charge >= 0.3 is 5.97 Å². The summed E-state index contributed by atoms with van der Waals surface area (Å²) in [6.07, 6.45) is 3.84. The van der Waals surface area contributed by atoms with Gasteiger partial charge in [0.1, 0.15) is 11.4 Å². The zero-order valence-corrected chi connectivity index (χ0v) is 27.1. The van der Waals surface area contributed by atoms with Gasteiger partial charge < -0.3 is 24.5 Å². The van der Waals surface area contributed by atoms with E-state index in [0.717, 1.165) is 87.9 Å². The van der Waals surface area contributed by atoms with E-state index in [1.54, 1.807) is 0 Å². The minimum atomic E-state index is -0.889. The molecule has 3 heterocycles. The number of para-hydroxylation sites is 1. The average Bonchev–Trinajstić information content (AvgIpc) is 3.53. The van der Waals surface area contributed by atoms with E-state index in [-0.39, 0.29) is 0 Å². The highest BCUT2D eigenvalue weighted by Crippen LogP contribution is 2.39. The summed E-state index contributed by atoms with van der Waals surface area (Å²) in [6, 6.07) is 20.5. The number of rotatable bonds is 9. The molecule has 0 saturated heterocycles. The van der Waals surface area contributed by atoms with Crippen LogP contribution in [-0.4, -0.2) is 51.7 Å². The van der Waals surface area contributed by atoms with Crippen LogP contribution in [0.5, 0.6) is 5.75 Å². The maximum atomic E-state index is 12.8. The van der Waals surface area contributed by atoms with Crippen molar-refractivity contribution >= 4 is 27.6 Å². The minimum absolute atomic E-state index is 0.385. The SMILES string of the molecule is CCNCC.CCc1c2c(nn1C)COCCCCn1c(C(=O)O)c(CCCOc3cccc4ccccc34)c3cccc-2c31. The number of hydrogen-bond acceptors (Lipinski definition) is 5. The first-order chi connectivity index (χ1) is 22.0. The number of benzene rings is 3. The normalized spacial score (nSPS) is 13.2. The summed E-state index contributed by atoms with van der Waals surface area (Å²) in [7, 11) is 1.97. The zero-order valence-electron chi connectivity index (χ0n) is 27.1. The van der Waals surface area contributed by atoms with Crippen molar-refractivity contribution in [1.29, 1.82) is 0 Å².